The second-order valence-electron chi connectivity index (χ2n) is 9.44. The van der Waals surface area contributed by atoms with Gasteiger partial charge in [-0.15, -0.1) is 0 Å². The van der Waals surface area contributed by atoms with E-state index in [1.54, 1.807) is 30.0 Å². The highest BCUT2D eigenvalue weighted by Crippen LogP contribution is 2.26. The van der Waals surface area contributed by atoms with E-state index in [-0.39, 0.29) is 11.7 Å². The second kappa shape index (κ2) is 11.2. The number of likely N-dealkylation sites (tertiary alicyclic amines) is 1. The summed E-state index contributed by atoms with van der Waals surface area (Å²) in [6, 6.07) is 8.96. The Kier molecular flexibility index (Phi) is 8.54. The first-order chi connectivity index (χ1) is 16.0. The smallest absolute Gasteiger partial charge is 0.410 e. The van der Waals surface area contributed by atoms with Crippen molar-refractivity contribution in [2.24, 2.45) is 5.92 Å². The highest BCUT2D eigenvalue weighted by molar-refractivity contribution is 7.97. The van der Waals surface area contributed by atoms with Crippen LogP contribution in [0.4, 0.5) is 13.6 Å². The molecule has 2 N–H and O–H groups in total. The molecule has 2 aromatic rings. The molecule has 34 heavy (non-hydrogen) atoms. The number of piperidine rings is 1. The van der Waals surface area contributed by atoms with Crippen molar-refractivity contribution in [2.75, 3.05) is 18.8 Å². The van der Waals surface area contributed by atoms with Crippen molar-refractivity contribution in [3.8, 4) is 11.1 Å². The fourth-order valence-corrected chi connectivity index (χ4v) is 4.50. The Morgan fingerprint density at radius 1 is 1.12 bits per heavy atom. The monoisotopic (exact) mass is 491 g/mol. The molecule has 184 valence electrons. The fraction of sp³-hybridized carbons (Fsp3) is 0.440. The molecule has 0 atom stereocenters. The van der Waals surface area contributed by atoms with E-state index in [1.807, 2.05) is 20.8 Å². The van der Waals surface area contributed by atoms with Gasteiger partial charge in [0.15, 0.2) is 0 Å². The van der Waals surface area contributed by atoms with Crippen LogP contribution in [0.3, 0.4) is 0 Å². The number of halogens is 2. The summed E-state index contributed by atoms with van der Waals surface area (Å²) in [5, 5.41) is 0. The molecule has 2 aromatic carbocycles. The predicted molar refractivity (Wildman–Crippen MR) is 130 cm³/mol. The summed E-state index contributed by atoms with van der Waals surface area (Å²) < 4.78 is 33.6. The number of nitrogens with one attached hydrogen (secondary N) is 2. The zero-order valence-electron chi connectivity index (χ0n) is 19.9. The topological polar surface area (TPSA) is 70.7 Å². The number of aryl methyl sites for hydroxylation is 1. The van der Waals surface area contributed by atoms with Crippen LogP contribution in [0.15, 0.2) is 36.4 Å². The minimum atomic E-state index is -0.612. The predicted octanol–water partition coefficient (Wildman–Crippen LogP) is 5.47. The van der Waals surface area contributed by atoms with E-state index in [9.17, 15) is 18.4 Å². The molecule has 6 nitrogen and oxygen atoms in total. The van der Waals surface area contributed by atoms with Crippen molar-refractivity contribution in [2.45, 2.75) is 46.1 Å². The molecule has 1 aliphatic rings. The molecule has 0 saturated carbocycles. The molecular formula is C25H31F2N3O3S. The lowest BCUT2D eigenvalue weighted by Gasteiger charge is -2.33. The van der Waals surface area contributed by atoms with Gasteiger partial charge < -0.3 is 9.64 Å². The quantitative estimate of drug-likeness (QED) is 0.319. The van der Waals surface area contributed by atoms with E-state index < -0.39 is 23.1 Å². The number of amides is 2. The first-order valence-electron chi connectivity index (χ1n) is 11.2. The molecule has 9 heteroatoms. The summed E-state index contributed by atoms with van der Waals surface area (Å²) in [6.07, 6.45) is 1.39. The molecule has 1 saturated heterocycles. The molecule has 1 fully saturated rings. The molecule has 0 aromatic heterocycles. The van der Waals surface area contributed by atoms with Crippen LogP contribution in [0.2, 0.25) is 0 Å². The molecule has 2 amide bonds. The Labute approximate surface area is 203 Å². The molecule has 1 aliphatic heterocycles. The average molecular weight is 492 g/mol. The van der Waals surface area contributed by atoms with Crippen LogP contribution in [0.1, 0.15) is 49.5 Å². The Morgan fingerprint density at radius 3 is 2.47 bits per heavy atom. The van der Waals surface area contributed by atoms with Crippen molar-refractivity contribution in [1.82, 2.24) is 15.2 Å². The zero-order chi connectivity index (χ0) is 24.9. The molecule has 0 bridgehead atoms. The van der Waals surface area contributed by atoms with Crippen LogP contribution < -0.4 is 10.3 Å². The number of hydrogen-bond donors (Lipinski definition) is 2. The minimum Gasteiger partial charge on any atom is -0.444 e. The highest BCUT2D eigenvalue weighted by Gasteiger charge is 2.27. The Hall–Kier alpha value is -2.65. The lowest BCUT2D eigenvalue weighted by molar-refractivity contribution is 0.0191. The lowest BCUT2D eigenvalue weighted by atomic mass is 9.99. The standard InChI is InChI=1S/C25H31F2N3O3S/c1-16-12-19(18-6-5-7-20(26)13-18)14-21(22(16)27)23(31)28-29-34-15-17-8-10-30(11-9-17)24(32)33-25(2,3)4/h5-7,12-14,17,29H,8-11,15H2,1-4H3,(H,28,31). The number of hydrogen-bond acceptors (Lipinski definition) is 5. The van der Waals surface area contributed by atoms with Crippen LogP contribution in [0, 0.1) is 24.5 Å². The number of rotatable bonds is 6. The third-order valence-corrected chi connectivity index (χ3v) is 6.36. The number of carbonyl (C=O) groups excluding carboxylic acids is 2. The normalized spacial score (nSPS) is 14.7. The first-order valence-corrected chi connectivity index (χ1v) is 12.2. The lowest BCUT2D eigenvalue weighted by Crippen LogP contribution is -2.42. The van der Waals surface area contributed by atoms with Crippen LogP contribution >= 0.6 is 11.9 Å². The maximum Gasteiger partial charge on any atom is 0.410 e. The largest absolute Gasteiger partial charge is 0.444 e. The minimum absolute atomic E-state index is 0.113. The van der Waals surface area contributed by atoms with Gasteiger partial charge in [-0.3, -0.25) is 10.2 Å². The van der Waals surface area contributed by atoms with E-state index >= 15 is 0 Å². The second-order valence-corrected chi connectivity index (χ2v) is 10.3. The Morgan fingerprint density at radius 2 is 1.82 bits per heavy atom. The summed E-state index contributed by atoms with van der Waals surface area (Å²) in [5.41, 5.74) is 3.33. The average Bonchev–Trinajstić information content (AvgIpc) is 2.77. The number of benzene rings is 2. The number of carbonyl (C=O) groups is 2. The highest BCUT2D eigenvalue weighted by atomic mass is 32.2. The van der Waals surface area contributed by atoms with E-state index in [2.05, 4.69) is 10.3 Å². The van der Waals surface area contributed by atoms with Crippen molar-refractivity contribution >= 4 is 23.9 Å². The number of nitrogens with zero attached hydrogens (tertiary/aromatic N) is 1. The Balaban J connectivity index is 1.48. The summed E-state index contributed by atoms with van der Waals surface area (Å²) in [4.78, 5) is 29.3. The molecule has 1 heterocycles. The van der Waals surface area contributed by atoms with Gasteiger partial charge in [-0.05, 0) is 87.4 Å². The van der Waals surface area contributed by atoms with Crippen LogP contribution in [-0.4, -0.2) is 41.3 Å². The van der Waals surface area contributed by atoms with E-state index in [0.717, 1.165) is 18.6 Å². The number of ether oxygens (including phenoxy) is 1. The molecule has 0 spiro atoms. The maximum absolute atomic E-state index is 14.6. The first kappa shape index (κ1) is 26.0. The molecule has 0 aliphatic carbocycles. The van der Waals surface area contributed by atoms with E-state index in [4.69, 9.17) is 4.74 Å². The molecule has 0 unspecified atom stereocenters. The fourth-order valence-electron chi connectivity index (χ4n) is 3.69. The SMILES string of the molecule is Cc1cc(-c2cccc(F)c2)cc(C(=O)NNSCC2CCN(C(=O)OC(C)(C)C)CC2)c1F. The van der Waals surface area contributed by atoms with Gasteiger partial charge in [0, 0.05) is 18.8 Å². The van der Waals surface area contributed by atoms with Crippen LogP contribution in [0.5, 0.6) is 0 Å². The summed E-state index contributed by atoms with van der Waals surface area (Å²) in [7, 11) is 0. The summed E-state index contributed by atoms with van der Waals surface area (Å²) >= 11 is 1.33. The van der Waals surface area contributed by atoms with Crippen LogP contribution in [0.25, 0.3) is 11.1 Å². The third-order valence-electron chi connectivity index (χ3n) is 5.48. The van der Waals surface area contributed by atoms with Gasteiger partial charge in [0.2, 0.25) is 0 Å². The van der Waals surface area contributed by atoms with Gasteiger partial charge in [0.25, 0.3) is 5.91 Å². The maximum atomic E-state index is 14.6. The number of hydrazine groups is 1. The molecular weight excluding hydrogens is 460 g/mol. The van der Waals surface area contributed by atoms with Crippen molar-refractivity contribution < 1.29 is 23.1 Å². The third kappa shape index (κ3) is 7.17. The van der Waals surface area contributed by atoms with Gasteiger partial charge >= 0.3 is 6.09 Å². The van der Waals surface area contributed by atoms with Gasteiger partial charge in [0.1, 0.15) is 17.2 Å². The zero-order valence-corrected chi connectivity index (χ0v) is 20.7. The molecule has 0 radical (unpaired) electrons. The Bertz CT molecular complexity index is 1030. The van der Waals surface area contributed by atoms with E-state index in [0.29, 0.717) is 35.7 Å². The van der Waals surface area contributed by atoms with Gasteiger partial charge in [-0.1, -0.05) is 24.1 Å². The molecule has 3 rings (SSSR count). The van der Waals surface area contributed by atoms with Crippen molar-refractivity contribution in [1.29, 1.82) is 0 Å². The summed E-state index contributed by atoms with van der Waals surface area (Å²) in [6.45, 7) is 8.37. The van der Waals surface area contributed by atoms with Gasteiger partial charge in [0.05, 0.1) is 5.56 Å². The van der Waals surface area contributed by atoms with Crippen molar-refractivity contribution in [3.63, 3.8) is 0 Å². The van der Waals surface area contributed by atoms with Gasteiger partial charge in [-0.2, -0.15) is 4.83 Å². The van der Waals surface area contributed by atoms with Crippen molar-refractivity contribution in [3.05, 3.63) is 59.2 Å². The van der Waals surface area contributed by atoms with Crippen LogP contribution in [-0.2, 0) is 4.74 Å². The van der Waals surface area contributed by atoms with E-state index in [1.165, 1.54) is 30.1 Å². The summed E-state index contributed by atoms with van der Waals surface area (Å²) in [5.74, 6) is -0.512. The van der Waals surface area contributed by atoms with Gasteiger partial charge in [-0.25, -0.2) is 13.6 Å².